The van der Waals surface area contributed by atoms with E-state index in [4.69, 9.17) is 0 Å². The minimum atomic E-state index is -3.75. The molecular weight excluding hydrogens is 308 g/mol. The van der Waals surface area contributed by atoms with Crippen LogP contribution in [-0.4, -0.2) is 13.4 Å². The maximum atomic E-state index is 12.5. The number of thiazole rings is 1. The van der Waals surface area contributed by atoms with Gasteiger partial charge < -0.3 is 4.98 Å². The number of H-pyrrole nitrogens is 1. The van der Waals surface area contributed by atoms with Crippen molar-refractivity contribution in [2.45, 2.75) is 37.8 Å². The van der Waals surface area contributed by atoms with E-state index in [1.54, 1.807) is 6.92 Å². The highest BCUT2D eigenvalue weighted by Crippen LogP contribution is 2.27. The van der Waals surface area contributed by atoms with Gasteiger partial charge in [0.25, 0.3) is 10.0 Å². The molecule has 0 spiro atoms. The van der Waals surface area contributed by atoms with Crippen LogP contribution in [0.3, 0.4) is 0 Å². The second kappa shape index (κ2) is 6.03. The molecule has 0 bridgehead atoms. The number of aromatic nitrogens is 1. The molecule has 1 aromatic carbocycles. The van der Waals surface area contributed by atoms with Crippen LogP contribution in [0.25, 0.3) is 0 Å². The van der Waals surface area contributed by atoms with Crippen LogP contribution in [0, 0.1) is 6.92 Å². The lowest BCUT2D eigenvalue weighted by Crippen LogP contribution is -2.15. The van der Waals surface area contributed by atoms with Crippen molar-refractivity contribution in [2.24, 2.45) is 0 Å². The first-order valence-electron chi connectivity index (χ1n) is 6.72. The summed E-state index contributed by atoms with van der Waals surface area (Å²) in [5.41, 5.74) is 2.88. The lowest BCUT2D eigenvalue weighted by atomic mass is 10.0. The fourth-order valence-electron chi connectivity index (χ4n) is 2.20. The highest BCUT2D eigenvalue weighted by molar-refractivity contribution is 7.94. The predicted molar refractivity (Wildman–Crippen MR) is 85.7 cm³/mol. The molecule has 0 radical (unpaired) electrons. The number of rotatable bonds is 5. The molecule has 5 nitrogen and oxygen atoms in total. The fraction of sp³-hybridized carbons (Fsp3) is 0.357. The Morgan fingerprint density at radius 1 is 1.19 bits per heavy atom. The highest BCUT2D eigenvalue weighted by Gasteiger charge is 2.22. The molecule has 2 rings (SSSR count). The van der Waals surface area contributed by atoms with Gasteiger partial charge >= 0.3 is 4.87 Å². The van der Waals surface area contributed by atoms with Gasteiger partial charge in [0.1, 0.15) is 0 Å². The van der Waals surface area contributed by atoms with Crippen molar-refractivity contribution in [2.75, 3.05) is 4.72 Å². The molecule has 0 saturated carbocycles. The van der Waals surface area contributed by atoms with Gasteiger partial charge in [0, 0.05) is 5.69 Å². The summed E-state index contributed by atoms with van der Waals surface area (Å²) in [4.78, 5) is 13.5. The molecule has 0 fully saturated rings. The molecule has 0 aliphatic heterocycles. The van der Waals surface area contributed by atoms with Crippen molar-refractivity contribution in [3.63, 3.8) is 0 Å². The summed E-state index contributed by atoms with van der Waals surface area (Å²) >= 11 is 0.706. The molecule has 1 aromatic heterocycles. The van der Waals surface area contributed by atoms with E-state index < -0.39 is 10.0 Å². The van der Waals surface area contributed by atoms with Gasteiger partial charge in [-0.15, -0.1) is 0 Å². The molecule has 0 aliphatic rings. The van der Waals surface area contributed by atoms with Gasteiger partial charge in [0.2, 0.25) is 0 Å². The summed E-state index contributed by atoms with van der Waals surface area (Å²) < 4.78 is 27.7. The van der Waals surface area contributed by atoms with E-state index >= 15 is 0 Å². The van der Waals surface area contributed by atoms with E-state index in [2.05, 4.69) is 9.71 Å². The van der Waals surface area contributed by atoms with Crippen LogP contribution < -0.4 is 9.60 Å². The number of sulfonamides is 1. The predicted octanol–water partition coefficient (Wildman–Crippen LogP) is 2.67. The Labute approximate surface area is 128 Å². The molecule has 0 unspecified atom stereocenters. The molecule has 7 heteroatoms. The van der Waals surface area contributed by atoms with Gasteiger partial charge in [-0.25, -0.2) is 8.42 Å². The van der Waals surface area contributed by atoms with Crippen molar-refractivity contribution >= 4 is 27.0 Å². The quantitative estimate of drug-likeness (QED) is 0.886. The SMILES string of the molecule is CCc1cccc(CC)c1NS(=O)(=O)c1sc(=O)[nH]c1C. The molecule has 1 heterocycles. The third-order valence-electron chi connectivity index (χ3n) is 3.26. The van der Waals surface area contributed by atoms with Crippen LogP contribution in [0.2, 0.25) is 0 Å². The highest BCUT2D eigenvalue weighted by atomic mass is 32.2. The van der Waals surface area contributed by atoms with E-state index in [1.165, 1.54) is 0 Å². The Hall–Kier alpha value is -1.60. The number of hydrogen-bond donors (Lipinski definition) is 2. The molecule has 114 valence electrons. The third-order valence-corrected chi connectivity index (χ3v) is 6.21. The van der Waals surface area contributed by atoms with Gasteiger partial charge in [0.05, 0.1) is 5.69 Å². The van der Waals surface area contributed by atoms with E-state index in [0.29, 0.717) is 22.7 Å². The van der Waals surface area contributed by atoms with Crippen molar-refractivity contribution in [3.8, 4) is 0 Å². The summed E-state index contributed by atoms with van der Waals surface area (Å²) in [7, 11) is -3.75. The number of benzene rings is 1. The fourth-order valence-corrected chi connectivity index (χ4v) is 4.65. The summed E-state index contributed by atoms with van der Waals surface area (Å²) in [6.45, 7) is 5.54. The number of para-hydroxylation sites is 1. The average Bonchev–Trinajstić information content (AvgIpc) is 2.78. The number of hydrogen-bond acceptors (Lipinski definition) is 4. The first-order chi connectivity index (χ1) is 9.89. The maximum absolute atomic E-state index is 12.5. The van der Waals surface area contributed by atoms with Gasteiger partial charge in [-0.05, 0) is 30.9 Å². The zero-order valence-electron chi connectivity index (χ0n) is 12.2. The molecular formula is C14H18N2O3S2. The Bertz CT molecular complexity index is 782. The van der Waals surface area contributed by atoms with Crippen LogP contribution in [0.4, 0.5) is 5.69 Å². The van der Waals surface area contributed by atoms with Crippen molar-refractivity contribution in [3.05, 3.63) is 44.7 Å². The normalized spacial score (nSPS) is 11.6. The van der Waals surface area contributed by atoms with Crippen LogP contribution in [0.5, 0.6) is 0 Å². The monoisotopic (exact) mass is 326 g/mol. The standard InChI is InChI=1S/C14H18N2O3S2/c1-4-10-7-6-8-11(5-2)12(10)16-21(18,19)13-9(3)15-14(17)20-13/h6-8,16H,4-5H2,1-3H3,(H,15,17). The number of nitrogens with one attached hydrogen (secondary N) is 2. The first-order valence-corrected chi connectivity index (χ1v) is 9.02. The Morgan fingerprint density at radius 2 is 1.76 bits per heavy atom. The zero-order chi connectivity index (χ0) is 15.6. The number of anilines is 1. The van der Waals surface area contributed by atoms with Crippen molar-refractivity contribution in [1.29, 1.82) is 0 Å². The topological polar surface area (TPSA) is 79.0 Å². The first kappa shape index (κ1) is 15.8. The molecule has 2 N–H and O–H groups in total. The van der Waals surface area contributed by atoms with Crippen LogP contribution in [0.15, 0.2) is 27.2 Å². The van der Waals surface area contributed by atoms with Gasteiger partial charge in [-0.3, -0.25) is 9.52 Å². The molecule has 21 heavy (non-hydrogen) atoms. The number of aromatic amines is 1. The Balaban J connectivity index is 2.51. The van der Waals surface area contributed by atoms with E-state index in [-0.39, 0.29) is 9.08 Å². The summed E-state index contributed by atoms with van der Waals surface area (Å²) in [6.07, 6.45) is 1.46. The smallest absolute Gasteiger partial charge is 0.306 e. The van der Waals surface area contributed by atoms with Crippen molar-refractivity contribution in [1.82, 2.24) is 4.98 Å². The Kier molecular flexibility index (Phi) is 4.53. The van der Waals surface area contributed by atoms with Gasteiger partial charge in [-0.2, -0.15) is 0 Å². The lowest BCUT2D eigenvalue weighted by Gasteiger charge is -2.15. The van der Waals surface area contributed by atoms with Crippen molar-refractivity contribution < 1.29 is 8.42 Å². The molecule has 0 saturated heterocycles. The Morgan fingerprint density at radius 3 is 2.19 bits per heavy atom. The number of aryl methyl sites for hydroxylation is 3. The lowest BCUT2D eigenvalue weighted by molar-refractivity contribution is 0.602. The van der Waals surface area contributed by atoms with Crippen LogP contribution in [-0.2, 0) is 22.9 Å². The molecule has 0 atom stereocenters. The second-order valence-corrected chi connectivity index (χ2v) is 7.55. The van der Waals surface area contributed by atoms with Gasteiger partial charge in [-0.1, -0.05) is 43.4 Å². The second-order valence-electron chi connectivity index (χ2n) is 4.69. The third kappa shape index (κ3) is 3.19. The molecule has 0 aliphatic carbocycles. The molecule has 2 aromatic rings. The molecule has 0 amide bonds. The zero-order valence-corrected chi connectivity index (χ0v) is 13.8. The van der Waals surface area contributed by atoms with Crippen LogP contribution in [0.1, 0.15) is 30.7 Å². The maximum Gasteiger partial charge on any atom is 0.306 e. The summed E-state index contributed by atoms with van der Waals surface area (Å²) in [5, 5.41) is 0. The van der Waals surface area contributed by atoms with E-state index in [1.807, 2.05) is 32.0 Å². The summed E-state index contributed by atoms with van der Waals surface area (Å²) in [6, 6.07) is 5.74. The van der Waals surface area contributed by atoms with E-state index in [0.717, 1.165) is 24.0 Å². The minimum absolute atomic E-state index is 0.0421. The van der Waals surface area contributed by atoms with E-state index in [9.17, 15) is 13.2 Å². The summed E-state index contributed by atoms with van der Waals surface area (Å²) in [5.74, 6) is 0. The largest absolute Gasteiger partial charge is 0.315 e. The minimum Gasteiger partial charge on any atom is -0.315 e. The van der Waals surface area contributed by atoms with Crippen LogP contribution >= 0.6 is 11.3 Å². The van der Waals surface area contributed by atoms with Gasteiger partial charge in [0.15, 0.2) is 4.21 Å². The average molecular weight is 326 g/mol.